The third-order valence-electron chi connectivity index (χ3n) is 2.64. The first kappa shape index (κ1) is 14.8. The van der Waals surface area contributed by atoms with Crippen molar-refractivity contribution in [1.82, 2.24) is 10.2 Å². The largest absolute Gasteiger partial charge is 0.493 e. The van der Waals surface area contributed by atoms with E-state index in [9.17, 15) is 9.59 Å². The van der Waals surface area contributed by atoms with E-state index in [0.29, 0.717) is 17.1 Å². The van der Waals surface area contributed by atoms with Gasteiger partial charge in [0.2, 0.25) is 5.91 Å². The number of methoxy groups -OCH3 is 2. The molecular formula is C13H18N2O4. The lowest BCUT2D eigenvalue weighted by molar-refractivity contribution is -0.121. The predicted molar refractivity (Wildman–Crippen MR) is 70.6 cm³/mol. The molecule has 104 valence electrons. The molecule has 0 fully saturated rings. The molecule has 19 heavy (non-hydrogen) atoms. The summed E-state index contributed by atoms with van der Waals surface area (Å²) in [6.45, 7) is 0.00365. The number of carbonyl (C=O) groups is 2. The van der Waals surface area contributed by atoms with E-state index >= 15 is 0 Å². The highest BCUT2D eigenvalue weighted by molar-refractivity contribution is 5.96. The number of carbonyl (C=O) groups excluding carboxylic acids is 2. The van der Waals surface area contributed by atoms with Crippen LogP contribution in [0.15, 0.2) is 18.2 Å². The maximum atomic E-state index is 12.1. The number of benzene rings is 1. The van der Waals surface area contributed by atoms with Crippen molar-refractivity contribution < 1.29 is 19.1 Å². The molecule has 0 atom stereocenters. The Kier molecular flexibility index (Phi) is 5.17. The summed E-state index contributed by atoms with van der Waals surface area (Å²) in [7, 11) is 6.11. The smallest absolute Gasteiger partial charge is 0.254 e. The highest BCUT2D eigenvalue weighted by atomic mass is 16.5. The van der Waals surface area contributed by atoms with Crippen LogP contribution < -0.4 is 14.8 Å². The minimum absolute atomic E-state index is 0.00365. The molecule has 0 radical (unpaired) electrons. The van der Waals surface area contributed by atoms with Crippen LogP contribution in [0.5, 0.6) is 11.5 Å². The second-order valence-corrected chi connectivity index (χ2v) is 3.90. The SMILES string of the molecule is CNC(=O)CN(C)C(=O)c1ccc(OC)c(OC)c1. The van der Waals surface area contributed by atoms with Gasteiger partial charge < -0.3 is 19.7 Å². The number of nitrogens with one attached hydrogen (secondary N) is 1. The quantitative estimate of drug-likeness (QED) is 0.843. The Bertz CT molecular complexity index is 474. The molecule has 0 aliphatic heterocycles. The molecule has 6 heteroatoms. The van der Waals surface area contributed by atoms with Crippen LogP contribution in [-0.4, -0.2) is 51.6 Å². The number of amides is 2. The molecular weight excluding hydrogens is 248 g/mol. The maximum absolute atomic E-state index is 12.1. The van der Waals surface area contributed by atoms with Gasteiger partial charge in [0, 0.05) is 19.7 Å². The van der Waals surface area contributed by atoms with Gasteiger partial charge in [0.05, 0.1) is 20.8 Å². The maximum Gasteiger partial charge on any atom is 0.254 e. The van der Waals surface area contributed by atoms with E-state index in [1.807, 2.05) is 0 Å². The van der Waals surface area contributed by atoms with Gasteiger partial charge in [-0.05, 0) is 18.2 Å². The second-order valence-electron chi connectivity index (χ2n) is 3.90. The summed E-state index contributed by atoms with van der Waals surface area (Å²) < 4.78 is 10.2. The first-order valence-electron chi connectivity index (χ1n) is 5.71. The minimum atomic E-state index is -0.260. The molecule has 0 heterocycles. The van der Waals surface area contributed by atoms with Gasteiger partial charge >= 0.3 is 0 Å². The van der Waals surface area contributed by atoms with Gasteiger partial charge in [-0.2, -0.15) is 0 Å². The lowest BCUT2D eigenvalue weighted by Crippen LogP contribution is -2.36. The Morgan fingerprint density at radius 1 is 1.21 bits per heavy atom. The Hall–Kier alpha value is -2.24. The first-order valence-corrected chi connectivity index (χ1v) is 5.71. The van der Waals surface area contributed by atoms with Crippen molar-refractivity contribution in [1.29, 1.82) is 0 Å². The molecule has 0 aromatic heterocycles. The molecule has 6 nitrogen and oxygen atoms in total. The highest BCUT2D eigenvalue weighted by Gasteiger charge is 2.16. The van der Waals surface area contributed by atoms with E-state index < -0.39 is 0 Å². The van der Waals surface area contributed by atoms with Crippen LogP contribution in [0.25, 0.3) is 0 Å². The van der Waals surface area contributed by atoms with Crippen molar-refractivity contribution >= 4 is 11.8 Å². The van der Waals surface area contributed by atoms with Gasteiger partial charge in [-0.15, -0.1) is 0 Å². The van der Waals surface area contributed by atoms with Crippen molar-refractivity contribution in [3.8, 4) is 11.5 Å². The van der Waals surface area contributed by atoms with Gasteiger partial charge in [0.15, 0.2) is 11.5 Å². The number of nitrogens with zero attached hydrogens (tertiary/aromatic N) is 1. The van der Waals surface area contributed by atoms with Gasteiger partial charge in [-0.1, -0.05) is 0 Å². The van der Waals surface area contributed by atoms with Crippen LogP contribution in [0.2, 0.25) is 0 Å². The Morgan fingerprint density at radius 3 is 2.37 bits per heavy atom. The molecule has 1 N–H and O–H groups in total. The summed E-state index contributed by atoms with van der Waals surface area (Å²) in [5.41, 5.74) is 0.434. The van der Waals surface area contributed by atoms with Crippen LogP contribution in [0.3, 0.4) is 0 Å². The first-order chi connectivity index (χ1) is 9.03. The van der Waals surface area contributed by atoms with Crippen LogP contribution in [0.1, 0.15) is 10.4 Å². The fraction of sp³-hybridized carbons (Fsp3) is 0.385. The second kappa shape index (κ2) is 6.63. The zero-order valence-electron chi connectivity index (χ0n) is 11.5. The van der Waals surface area contributed by atoms with E-state index in [0.717, 1.165) is 0 Å². The van der Waals surface area contributed by atoms with E-state index in [1.165, 1.54) is 26.2 Å². The number of rotatable bonds is 5. The monoisotopic (exact) mass is 266 g/mol. The summed E-state index contributed by atoms with van der Waals surface area (Å²) >= 11 is 0. The predicted octanol–water partition coefficient (Wildman–Crippen LogP) is 0.522. The third kappa shape index (κ3) is 3.61. The highest BCUT2D eigenvalue weighted by Crippen LogP contribution is 2.27. The van der Waals surface area contributed by atoms with Crippen LogP contribution in [-0.2, 0) is 4.79 Å². The average molecular weight is 266 g/mol. The number of hydrogen-bond acceptors (Lipinski definition) is 4. The number of ether oxygens (including phenoxy) is 2. The lowest BCUT2D eigenvalue weighted by Gasteiger charge is -2.17. The van der Waals surface area contributed by atoms with Crippen molar-refractivity contribution in [2.45, 2.75) is 0 Å². The zero-order valence-corrected chi connectivity index (χ0v) is 11.5. The van der Waals surface area contributed by atoms with Gasteiger partial charge in [-0.3, -0.25) is 9.59 Å². The molecule has 0 aliphatic carbocycles. The molecule has 0 spiro atoms. The minimum Gasteiger partial charge on any atom is -0.493 e. The Balaban J connectivity index is 2.90. The summed E-state index contributed by atoms with van der Waals surface area (Å²) in [6, 6.07) is 4.87. The van der Waals surface area contributed by atoms with Crippen LogP contribution >= 0.6 is 0 Å². The number of hydrogen-bond donors (Lipinski definition) is 1. The van der Waals surface area contributed by atoms with E-state index in [-0.39, 0.29) is 18.4 Å². The molecule has 0 saturated carbocycles. The molecule has 1 rings (SSSR count). The van der Waals surface area contributed by atoms with Crippen molar-refractivity contribution in [2.24, 2.45) is 0 Å². The van der Waals surface area contributed by atoms with Crippen molar-refractivity contribution in [3.63, 3.8) is 0 Å². The normalized spacial score (nSPS) is 9.68. The Labute approximate surface area is 112 Å². The summed E-state index contributed by atoms with van der Waals surface area (Å²) in [5, 5.41) is 2.47. The molecule has 0 bridgehead atoms. The molecule has 0 unspecified atom stereocenters. The van der Waals surface area contributed by atoms with E-state index in [1.54, 1.807) is 25.2 Å². The molecule has 1 aromatic carbocycles. The van der Waals surface area contributed by atoms with E-state index in [2.05, 4.69) is 5.32 Å². The molecule has 0 aliphatic rings. The van der Waals surface area contributed by atoms with E-state index in [4.69, 9.17) is 9.47 Å². The fourth-order valence-electron chi connectivity index (χ4n) is 1.56. The van der Waals surface area contributed by atoms with Crippen molar-refractivity contribution in [3.05, 3.63) is 23.8 Å². The molecule has 1 aromatic rings. The van der Waals surface area contributed by atoms with Crippen molar-refractivity contribution in [2.75, 3.05) is 34.9 Å². The Morgan fingerprint density at radius 2 is 1.84 bits per heavy atom. The van der Waals surface area contributed by atoms with Crippen LogP contribution in [0.4, 0.5) is 0 Å². The topological polar surface area (TPSA) is 67.9 Å². The molecule has 0 saturated heterocycles. The van der Waals surface area contributed by atoms with Gasteiger partial charge in [0.1, 0.15) is 0 Å². The third-order valence-corrected chi connectivity index (χ3v) is 2.64. The van der Waals surface area contributed by atoms with Crippen LogP contribution in [0, 0.1) is 0 Å². The zero-order chi connectivity index (χ0) is 14.4. The van der Waals surface area contributed by atoms with Gasteiger partial charge in [0.25, 0.3) is 5.91 Å². The number of likely N-dealkylation sites (N-methyl/N-ethyl adjacent to an activating group) is 2. The molecule has 2 amide bonds. The average Bonchev–Trinajstić information content (AvgIpc) is 2.45. The van der Waals surface area contributed by atoms with Gasteiger partial charge in [-0.25, -0.2) is 0 Å². The standard InChI is InChI=1S/C13H18N2O4/c1-14-12(16)8-15(2)13(17)9-5-6-10(18-3)11(7-9)19-4/h5-7H,8H2,1-4H3,(H,14,16). The lowest BCUT2D eigenvalue weighted by atomic mass is 10.1. The fourth-order valence-corrected chi connectivity index (χ4v) is 1.56. The summed E-state index contributed by atoms with van der Waals surface area (Å²) in [6.07, 6.45) is 0. The summed E-state index contributed by atoms with van der Waals surface area (Å²) in [5.74, 6) is 0.538. The summed E-state index contributed by atoms with van der Waals surface area (Å²) in [4.78, 5) is 24.7.